The molecule has 152 valence electrons. The summed E-state index contributed by atoms with van der Waals surface area (Å²) in [6.45, 7) is 1.62. The Kier molecular flexibility index (Phi) is 7.35. The van der Waals surface area contributed by atoms with E-state index in [0.717, 1.165) is 6.07 Å². The number of aromatic hydroxyl groups is 1. The summed E-state index contributed by atoms with van der Waals surface area (Å²) in [5, 5.41) is 61.9. The van der Waals surface area contributed by atoms with E-state index in [4.69, 9.17) is 10.2 Å². The number of aliphatic hydroxyl groups is 2. The summed E-state index contributed by atoms with van der Waals surface area (Å²) in [7, 11) is 0. The molecule has 1 aromatic heterocycles. The molecule has 0 unspecified atom stereocenters. The molecule has 5 N–H and O–H groups in total. The van der Waals surface area contributed by atoms with Gasteiger partial charge in [0.05, 0.1) is 29.8 Å². The molecule has 0 spiro atoms. The highest BCUT2D eigenvalue weighted by atomic mass is 16.6. The van der Waals surface area contributed by atoms with Crippen molar-refractivity contribution in [1.82, 2.24) is 4.98 Å². The number of azo groups is 1. The number of phenolic OH excluding ortho intramolecular Hbond substituents is 1. The number of pyridine rings is 1. The lowest BCUT2D eigenvalue weighted by Gasteiger charge is -2.14. The standard InChI is InChI=1S/C17H19N7O5/c1-10-12(9-18)16(19-4-6-25)21-17(20-5-7-26)15(10)23-22-13-3-2-11(24(28)29)8-14(13)27/h2-3,8,25-27H,4-7H2,1H3,(H2,19,20,21). The number of aromatic nitrogens is 1. The van der Waals surface area contributed by atoms with Crippen LogP contribution in [0.4, 0.5) is 28.7 Å². The molecule has 2 rings (SSSR count). The van der Waals surface area contributed by atoms with Crippen molar-refractivity contribution >= 4 is 28.7 Å². The van der Waals surface area contributed by atoms with Crippen molar-refractivity contribution in [3.8, 4) is 11.8 Å². The number of rotatable bonds is 9. The van der Waals surface area contributed by atoms with E-state index < -0.39 is 10.7 Å². The van der Waals surface area contributed by atoms with E-state index in [1.54, 1.807) is 6.92 Å². The van der Waals surface area contributed by atoms with Crippen LogP contribution < -0.4 is 10.6 Å². The third-order valence-corrected chi connectivity index (χ3v) is 3.76. The zero-order valence-corrected chi connectivity index (χ0v) is 15.5. The predicted molar refractivity (Wildman–Crippen MR) is 104 cm³/mol. The average Bonchev–Trinajstić information content (AvgIpc) is 2.70. The molecule has 12 heteroatoms. The molecule has 0 fully saturated rings. The predicted octanol–water partition coefficient (Wildman–Crippen LogP) is 2.10. The fourth-order valence-electron chi connectivity index (χ4n) is 2.37. The molecule has 1 heterocycles. The Balaban J connectivity index is 2.51. The molecule has 0 radical (unpaired) electrons. The first kappa shape index (κ1) is 21.5. The van der Waals surface area contributed by atoms with Gasteiger partial charge in [0, 0.05) is 24.7 Å². The lowest BCUT2D eigenvalue weighted by Crippen LogP contribution is -2.13. The lowest BCUT2D eigenvalue weighted by atomic mass is 10.1. The third kappa shape index (κ3) is 5.12. The normalized spacial score (nSPS) is 10.7. The van der Waals surface area contributed by atoms with Crippen molar-refractivity contribution in [2.24, 2.45) is 10.2 Å². The molecule has 12 nitrogen and oxygen atoms in total. The Bertz CT molecular complexity index is 972. The Morgan fingerprint density at radius 2 is 1.86 bits per heavy atom. The maximum Gasteiger partial charge on any atom is 0.273 e. The molecule has 1 aromatic carbocycles. The molecule has 0 aliphatic heterocycles. The van der Waals surface area contributed by atoms with Gasteiger partial charge in [-0.25, -0.2) is 4.98 Å². The van der Waals surface area contributed by atoms with E-state index in [2.05, 4.69) is 25.8 Å². The third-order valence-electron chi connectivity index (χ3n) is 3.76. The first-order chi connectivity index (χ1) is 13.9. The fraction of sp³-hybridized carbons (Fsp3) is 0.294. The first-order valence-corrected chi connectivity index (χ1v) is 8.46. The molecule has 2 aromatic rings. The number of aliphatic hydroxyl groups excluding tert-OH is 2. The van der Waals surface area contributed by atoms with Crippen LogP contribution >= 0.6 is 0 Å². The van der Waals surface area contributed by atoms with Gasteiger partial charge in [0.2, 0.25) is 0 Å². The van der Waals surface area contributed by atoms with Crippen molar-refractivity contribution in [3.05, 3.63) is 39.4 Å². The van der Waals surface area contributed by atoms with Gasteiger partial charge in [0.25, 0.3) is 5.69 Å². The van der Waals surface area contributed by atoms with Gasteiger partial charge in [-0.15, -0.1) is 10.2 Å². The number of non-ortho nitro benzene ring substituents is 1. The molecule has 0 aliphatic rings. The summed E-state index contributed by atoms with van der Waals surface area (Å²) in [5.74, 6) is 0.0259. The molecule has 0 aliphatic carbocycles. The zero-order valence-electron chi connectivity index (χ0n) is 15.5. The van der Waals surface area contributed by atoms with Gasteiger partial charge in [0.15, 0.2) is 5.82 Å². The fourth-order valence-corrected chi connectivity index (χ4v) is 2.37. The summed E-state index contributed by atoms with van der Waals surface area (Å²) in [6, 6.07) is 5.38. The van der Waals surface area contributed by atoms with Gasteiger partial charge in [0.1, 0.15) is 29.0 Å². The minimum Gasteiger partial charge on any atom is -0.505 e. The molecule has 29 heavy (non-hydrogen) atoms. The summed E-state index contributed by atoms with van der Waals surface area (Å²) in [6.07, 6.45) is 0. The smallest absolute Gasteiger partial charge is 0.273 e. The second kappa shape index (κ2) is 9.93. The van der Waals surface area contributed by atoms with Crippen LogP contribution in [-0.2, 0) is 0 Å². The molecule has 0 saturated heterocycles. The highest BCUT2D eigenvalue weighted by molar-refractivity contribution is 5.74. The van der Waals surface area contributed by atoms with E-state index in [1.807, 2.05) is 6.07 Å². The largest absolute Gasteiger partial charge is 0.505 e. The van der Waals surface area contributed by atoms with E-state index in [1.165, 1.54) is 12.1 Å². The van der Waals surface area contributed by atoms with Crippen molar-refractivity contribution in [1.29, 1.82) is 5.26 Å². The molecule has 0 saturated carbocycles. The molecule has 0 bridgehead atoms. The van der Waals surface area contributed by atoms with Crippen LogP contribution in [0.2, 0.25) is 0 Å². The van der Waals surface area contributed by atoms with Gasteiger partial charge in [-0.1, -0.05) is 0 Å². The van der Waals surface area contributed by atoms with Crippen LogP contribution in [0.15, 0.2) is 28.4 Å². The van der Waals surface area contributed by atoms with Crippen LogP contribution in [0.25, 0.3) is 0 Å². The first-order valence-electron chi connectivity index (χ1n) is 8.46. The van der Waals surface area contributed by atoms with E-state index in [-0.39, 0.29) is 60.6 Å². The maximum atomic E-state index is 10.8. The number of nitrogens with one attached hydrogen (secondary N) is 2. The monoisotopic (exact) mass is 401 g/mol. The Labute approximate surface area is 165 Å². The second-order valence-corrected chi connectivity index (χ2v) is 5.70. The van der Waals surface area contributed by atoms with E-state index >= 15 is 0 Å². The van der Waals surface area contributed by atoms with E-state index in [9.17, 15) is 20.5 Å². The number of benzene rings is 1. The lowest BCUT2D eigenvalue weighted by molar-refractivity contribution is -0.384. The average molecular weight is 401 g/mol. The van der Waals surface area contributed by atoms with Crippen molar-refractivity contribution in [3.63, 3.8) is 0 Å². The quantitative estimate of drug-likeness (QED) is 0.238. The second-order valence-electron chi connectivity index (χ2n) is 5.70. The van der Waals surface area contributed by atoms with Crippen LogP contribution in [-0.4, -0.2) is 51.5 Å². The number of anilines is 2. The molecule has 0 amide bonds. The van der Waals surface area contributed by atoms with Gasteiger partial charge >= 0.3 is 0 Å². The van der Waals surface area contributed by atoms with Gasteiger partial charge in [-0.3, -0.25) is 10.1 Å². The zero-order chi connectivity index (χ0) is 21.4. The topological polar surface area (TPSA) is 189 Å². The van der Waals surface area contributed by atoms with Crippen LogP contribution in [0.3, 0.4) is 0 Å². The number of hydrogen-bond acceptors (Lipinski definition) is 11. The van der Waals surface area contributed by atoms with Crippen LogP contribution in [0.5, 0.6) is 5.75 Å². The Hall–Kier alpha value is -3.82. The number of phenols is 1. The Morgan fingerprint density at radius 3 is 2.41 bits per heavy atom. The van der Waals surface area contributed by atoms with Crippen molar-refractivity contribution in [2.75, 3.05) is 36.9 Å². The minimum atomic E-state index is -0.650. The number of nitro groups is 1. The highest BCUT2D eigenvalue weighted by Gasteiger charge is 2.17. The highest BCUT2D eigenvalue weighted by Crippen LogP contribution is 2.36. The minimum absolute atomic E-state index is 0.0101. The van der Waals surface area contributed by atoms with Crippen LogP contribution in [0.1, 0.15) is 11.1 Å². The van der Waals surface area contributed by atoms with Gasteiger partial charge < -0.3 is 26.0 Å². The number of nitrogens with zero attached hydrogens (tertiary/aromatic N) is 5. The maximum absolute atomic E-state index is 10.8. The van der Waals surface area contributed by atoms with Crippen molar-refractivity contribution in [2.45, 2.75) is 6.92 Å². The summed E-state index contributed by atoms with van der Waals surface area (Å²) >= 11 is 0. The van der Waals surface area contributed by atoms with Crippen molar-refractivity contribution < 1.29 is 20.2 Å². The SMILES string of the molecule is Cc1c(C#N)c(NCCO)nc(NCCO)c1N=Nc1ccc([N+](=O)[O-])cc1O. The van der Waals surface area contributed by atoms with Gasteiger partial charge in [-0.05, 0) is 13.0 Å². The van der Waals surface area contributed by atoms with Crippen LogP contribution in [0, 0.1) is 28.4 Å². The molecule has 0 atom stereocenters. The molecular weight excluding hydrogens is 382 g/mol. The van der Waals surface area contributed by atoms with Gasteiger partial charge in [-0.2, -0.15) is 5.26 Å². The number of nitriles is 1. The molecular formula is C17H19N7O5. The summed E-state index contributed by atoms with van der Waals surface area (Å²) in [4.78, 5) is 14.4. The summed E-state index contributed by atoms with van der Waals surface area (Å²) in [5.41, 5.74) is 0.505. The number of hydrogen-bond donors (Lipinski definition) is 5. The van der Waals surface area contributed by atoms with E-state index in [0.29, 0.717) is 5.56 Å². The number of nitro benzene ring substituents is 1. The summed E-state index contributed by atoms with van der Waals surface area (Å²) < 4.78 is 0. The Morgan fingerprint density at radius 1 is 1.21 bits per heavy atom.